The van der Waals surface area contributed by atoms with Gasteiger partial charge in [-0.2, -0.15) is 0 Å². The maximum atomic E-state index is 13.1. The number of halogens is 1. The monoisotopic (exact) mass is 601 g/mol. The van der Waals surface area contributed by atoms with Crippen LogP contribution in [-0.2, 0) is 9.59 Å². The van der Waals surface area contributed by atoms with Gasteiger partial charge in [0.15, 0.2) is 11.5 Å². The standard InChI is InChI=1S/C28H32BrN3O5S/c1-4-19(3)37-26-22(29)15-20(16-23(26)36-5-2)17-24-27(34)32(28(35)38-24)18-25(33)31-13-11-30(12-14-31)21-9-7-6-8-10-21/h6-10,15-17,19H,4-5,11-14,18H2,1-3H3/b24-17+/t19-/m0/s1. The Bertz CT molecular complexity index is 1210. The van der Waals surface area contributed by atoms with Crippen molar-refractivity contribution in [3.63, 3.8) is 0 Å². The third kappa shape index (κ3) is 6.53. The van der Waals surface area contributed by atoms with E-state index in [0.717, 1.165) is 28.8 Å². The molecule has 8 nitrogen and oxygen atoms in total. The maximum Gasteiger partial charge on any atom is 0.294 e. The zero-order chi connectivity index (χ0) is 27.2. The number of ether oxygens (including phenoxy) is 2. The molecule has 2 aromatic rings. The SMILES string of the molecule is CCOc1cc(/C=C2/SC(=O)N(CC(=O)N3CCN(c4ccccc4)CC3)C2=O)cc(Br)c1O[C@@H](C)CC. The molecular formula is C28H32BrN3O5S. The van der Waals surface area contributed by atoms with E-state index in [1.807, 2.05) is 57.2 Å². The number of para-hydroxylation sites is 1. The Morgan fingerprint density at radius 1 is 1.11 bits per heavy atom. The first-order valence-corrected chi connectivity index (χ1v) is 14.4. The number of hydrogen-bond acceptors (Lipinski definition) is 7. The second-order valence-electron chi connectivity index (χ2n) is 9.07. The first-order chi connectivity index (χ1) is 18.3. The van der Waals surface area contributed by atoms with Gasteiger partial charge in [0.25, 0.3) is 11.1 Å². The highest BCUT2D eigenvalue weighted by Gasteiger charge is 2.37. The number of benzene rings is 2. The first kappa shape index (κ1) is 28.0. The van der Waals surface area contributed by atoms with Crippen LogP contribution >= 0.6 is 27.7 Å². The lowest BCUT2D eigenvalue weighted by atomic mass is 10.1. The molecular weight excluding hydrogens is 570 g/mol. The fourth-order valence-electron chi connectivity index (χ4n) is 4.21. The molecule has 10 heteroatoms. The lowest BCUT2D eigenvalue weighted by Crippen LogP contribution is -2.51. The van der Waals surface area contributed by atoms with E-state index in [1.165, 1.54) is 0 Å². The van der Waals surface area contributed by atoms with Gasteiger partial charge in [0.1, 0.15) is 6.54 Å². The Labute approximate surface area is 236 Å². The second kappa shape index (κ2) is 12.7. The zero-order valence-electron chi connectivity index (χ0n) is 21.8. The van der Waals surface area contributed by atoms with E-state index in [1.54, 1.807) is 17.0 Å². The van der Waals surface area contributed by atoms with Crippen LogP contribution in [0.3, 0.4) is 0 Å². The fourth-order valence-corrected chi connectivity index (χ4v) is 5.60. The second-order valence-corrected chi connectivity index (χ2v) is 10.9. The molecule has 0 bridgehead atoms. The molecule has 2 heterocycles. The van der Waals surface area contributed by atoms with E-state index in [9.17, 15) is 14.4 Å². The molecule has 2 aliphatic rings. The molecule has 2 aliphatic heterocycles. The Kier molecular flexibility index (Phi) is 9.38. The molecule has 0 aromatic heterocycles. The van der Waals surface area contributed by atoms with Crippen LogP contribution in [0.15, 0.2) is 51.8 Å². The fraction of sp³-hybridized carbons (Fsp3) is 0.393. The Morgan fingerprint density at radius 2 is 1.82 bits per heavy atom. The van der Waals surface area contributed by atoms with Gasteiger partial charge in [-0.25, -0.2) is 0 Å². The van der Waals surface area contributed by atoms with Crippen molar-refractivity contribution in [1.82, 2.24) is 9.80 Å². The molecule has 3 amide bonds. The van der Waals surface area contributed by atoms with Crippen molar-refractivity contribution in [2.75, 3.05) is 44.2 Å². The minimum atomic E-state index is -0.467. The normalized spacial score (nSPS) is 17.8. The van der Waals surface area contributed by atoms with Gasteiger partial charge in [0.05, 0.1) is 22.1 Å². The van der Waals surface area contributed by atoms with Gasteiger partial charge >= 0.3 is 0 Å². The summed E-state index contributed by atoms with van der Waals surface area (Å²) in [6.45, 7) is 8.58. The number of piperazine rings is 1. The molecule has 2 aromatic carbocycles. The third-order valence-electron chi connectivity index (χ3n) is 6.44. The Hall–Kier alpha value is -2.98. The van der Waals surface area contributed by atoms with E-state index in [4.69, 9.17) is 9.47 Å². The number of nitrogens with zero attached hydrogens (tertiary/aromatic N) is 3. The number of anilines is 1. The van der Waals surface area contributed by atoms with Crippen LogP contribution in [0.5, 0.6) is 11.5 Å². The number of thioether (sulfide) groups is 1. The van der Waals surface area contributed by atoms with Gasteiger partial charge in [0.2, 0.25) is 5.91 Å². The molecule has 4 rings (SSSR count). The minimum Gasteiger partial charge on any atom is -0.490 e. The predicted molar refractivity (Wildman–Crippen MR) is 154 cm³/mol. The van der Waals surface area contributed by atoms with E-state index in [-0.39, 0.29) is 23.5 Å². The zero-order valence-corrected chi connectivity index (χ0v) is 24.2. The summed E-state index contributed by atoms with van der Waals surface area (Å²) in [5, 5.41) is -0.446. The van der Waals surface area contributed by atoms with Crippen molar-refractivity contribution in [2.24, 2.45) is 0 Å². The Balaban J connectivity index is 1.42. The number of hydrogen-bond donors (Lipinski definition) is 0. The summed E-state index contributed by atoms with van der Waals surface area (Å²) in [5.74, 6) is 0.460. The molecule has 2 fully saturated rings. The van der Waals surface area contributed by atoms with E-state index >= 15 is 0 Å². The number of rotatable bonds is 9. The van der Waals surface area contributed by atoms with Gasteiger partial charge in [-0.05, 0) is 83.9 Å². The van der Waals surface area contributed by atoms with E-state index in [2.05, 4.69) is 20.8 Å². The summed E-state index contributed by atoms with van der Waals surface area (Å²) in [5.41, 5.74) is 1.81. The van der Waals surface area contributed by atoms with Gasteiger partial charge in [-0.1, -0.05) is 25.1 Å². The summed E-state index contributed by atoms with van der Waals surface area (Å²) < 4.78 is 12.5. The van der Waals surface area contributed by atoms with Crippen molar-refractivity contribution < 1.29 is 23.9 Å². The highest BCUT2D eigenvalue weighted by Crippen LogP contribution is 2.40. The summed E-state index contributed by atoms with van der Waals surface area (Å²) >= 11 is 4.39. The topological polar surface area (TPSA) is 79.4 Å². The molecule has 38 heavy (non-hydrogen) atoms. The van der Waals surface area contributed by atoms with Crippen LogP contribution in [0.2, 0.25) is 0 Å². The summed E-state index contributed by atoms with van der Waals surface area (Å²) in [6, 6.07) is 13.7. The average molecular weight is 603 g/mol. The lowest BCUT2D eigenvalue weighted by molar-refractivity contribution is -0.136. The van der Waals surface area contributed by atoms with Crippen molar-refractivity contribution >= 4 is 56.5 Å². The molecule has 0 radical (unpaired) electrons. The molecule has 0 aliphatic carbocycles. The smallest absolute Gasteiger partial charge is 0.294 e. The summed E-state index contributed by atoms with van der Waals surface area (Å²) in [7, 11) is 0. The van der Waals surface area contributed by atoms with Gasteiger partial charge in [0, 0.05) is 31.9 Å². The van der Waals surface area contributed by atoms with Crippen LogP contribution in [0.4, 0.5) is 10.5 Å². The highest BCUT2D eigenvalue weighted by atomic mass is 79.9. The molecule has 202 valence electrons. The number of carbonyl (C=O) groups is 3. The van der Waals surface area contributed by atoms with Gasteiger partial charge in [-0.3, -0.25) is 19.3 Å². The first-order valence-electron chi connectivity index (χ1n) is 12.8. The van der Waals surface area contributed by atoms with Crippen LogP contribution < -0.4 is 14.4 Å². The molecule has 0 unspecified atom stereocenters. The molecule has 0 N–H and O–H groups in total. The third-order valence-corrected chi connectivity index (χ3v) is 7.94. The minimum absolute atomic E-state index is 0.00621. The Morgan fingerprint density at radius 3 is 2.47 bits per heavy atom. The van der Waals surface area contributed by atoms with Crippen molar-refractivity contribution in [3.05, 3.63) is 57.4 Å². The average Bonchev–Trinajstić information content (AvgIpc) is 3.18. The molecule has 2 saturated heterocycles. The molecule has 0 saturated carbocycles. The van der Waals surface area contributed by atoms with Gasteiger partial charge in [-0.15, -0.1) is 0 Å². The quantitative estimate of drug-likeness (QED) is 0.355. The summed E-state index contributed by atoms with van der Waals surface area (Å²) in [6.07, 6.45) is 2.49. The number of imide groups is 1. The number of amides is 3. The van der Waals surface area contributed by atoms with Crippen molar-refractivity contribution in [3.8, 4) is 11.5 Å². The maximum absolute atomic E-state index is 13.1. The lowest BCUT2D eigenvalue weighted by Gasteiger charge is -2.36. The number of carbonyl (C=O) groups excluding carboxylic acids is 3. The molecule has 1 atom stereocenters. The van der Waals surface area contributed by atoms with Gasteiger partial charge < -0.3 is 19.3 Å². The largest absolute Gasteiger partial charge is 0.490 e. The van der Waals surface area contributed by atoms with Crippen molar-refractivity contribution in [2.45, 2.75) is 33.3 Å². The van der Waals surface area contributed by atoms with E-state index in [0.29, 0.717) is 54.3 Å². The molecule has 0 spiro atoms. The predicted octanol–water partition coefficient (Wildman–Crippen LogP) is 5.41. The van der Waals surface area contributed by atoms with E-state index < -0.39 is 11.1 Å². The highest BCUT2D eigenvalue weighted by molar-refractivity contribution is 9.10. The van der Waals surface area contributed by atoms with Crippen LogP contribution in [-0.4, -0.2) is 72.3 Å². The van der Waals surface area contributed by atoms with Crippen LogP contribution in [0.1, 0.15) is 32.8 Å². The van der Waals surface area contributed by atoms with Crippen LogP contribution in [0.25, 0.3) is 6.08 Å². The van der Waals surface area contributed by atoms with Crippen molar-refractivity contribution in [1.29, 1.82) is 0 Å². The summed E-state index contributed by atoms with van der Waals surface area (Å²) in [4.78, 5) is 44.0. The van der Waals surface area contributed by atoms with Crippen LogP contribution in [0, 0.1) is 0 Å².